The summed E-state index contributed by atoms with van der Waals surface area (Å²) < 4.78 is 16.2. The van der Waals surface area contributed by atoms with Gasteiger partial charge in [0.15, 0.2) is 16.6 Å². The Morgan fingerprint density at radius 2 is 2.00 bits per heavy atom. The predicted octanol–water partition coefficient (Wildman–Crippen LogP) is 3.42. The molecule has 5 rings (SSSR count). The molecule has 11 heteroatoms. The summed E-state index contributed by atoms with van der Waals surface area (Å²) in [5.74, 6) is -1.77. The second kappa shape index (κ2) is 9.42. The maximum atomic E-state index is 13.3. The van der Waals surface area contributed by atoms with Gasteiger partial charge >= 0.3 is 11.9 Å². The van der Waals surface area contributed by atoms with Gasteiger partial charge in [-0.25, -0.2) is 9.78 Å². The summed E-state index contributed by atoms with van der Waals surface area (Å²) in [5.41, 5.74) is 1.01. The summed E-state index contributed by atoms with van der Waals surface area (Å²) in [6.07, 6.45) is 3.07. The number of thiazole rings is 1. The molecule has 0 radical (unpaired) electrons. The summed E-state index contributed by atoms with van der Waals surface area (Å²) in [4.78, 5) is 48.9. The van der Waals surface area contributed by atoms with Crippen molar-refractivity contribution in [2.24, 2.45) is 0 Å². The number of aliphatic hydroxyl groups excluding tert-OH is 1. The van der Waals surface area contributed by atoms with Gasteiger partial charge in [0.05, 0.1) is 23.9 Å². The van der Waals surface area contributed by atoms with E-state index in [4.69, 9.17) is 14.2 Å². The number of aliphatic hydroxyl groups is 1. The number of aromatic nitrogens is 2. The van der Waals surface area contributed by atoms with Crippen LogP contribution in [-0.4, -0.2) is 52.6 Å². The number of hydrogen-bond acceptors (Lipinski definition) is 10. The van der Waals surface area contributed by atoms with E-state index in [-0.39, 0.29) is 33.5 Å². The first kappa shape index (κ1) is 23.5. The van der Waals surface area contributed by atoms with Gasteiger partial charge in [-0.3, -0.25) is 19.5 Å². The number of esters is 1. The van der Waals surface area contributed by atoms with Crippen LogP contribution in [0.2, 0.25) is 0 Å². The Morgan fingerprint density at radius 3 is 2.72 bits per heavy atom. The molecule has 0 aliphatic carbocycles. The van der Waals surface area contributed by atoms with E-state index in [1.807, 2.05) is 0 Å². The SMILES string of the molecule is CCOC(=O)c1sc(N2C(=O)C(=O)/C(=C(/O)c3ccc4c(c3)OCCO4)C2c2cccnc2)nc1C. The molecule has 184 valence electrons. The molecule has 4 heterocycles. The average molecular weight is 508 g/mol. The van der Waals surface area contributed by atoms with Crippen molar-refractivity contribution >= 4 is 39.9 Å². The largest absolute Gasteiger partial charge is 0.507 e. The molecule has 1 saturated heterocycles. The van der Waals surface area contributed by atoms with Crippen molar-refractivity contribution in [2.75, 3.05) is 24.7 Å². The van der Waals surface area contributed by atoms with Crippen LogP contribution in [0.15, 0.2) is 48.3 Å². The topological polar surface area (TPSA) is 128 Å². The molecule has 0 spiro atoms. The van der Waals surface area contributed by atoms with Crippen LogP contribution in [0.25, 0.3) is 5.76 Å². The maximum absolute atomic E-state index is 13.3. The number of amides is 1. The molecule has 1 aromatic carbocycles. The number of Topliss-reactive ketones (excluding diaryl/α,β-unsaturated/α-hetero) is 1. The van der Waals surface area contributed by atoms with Gasteiger partial charge in [0.25, 0.3) is 5.78 Å². The molecular weight excluding hydrogens is 486 g/mol. The summed E-state index contributed by atoms with van der Waals surface area (Å²) in [6, 6.07) is 7.12. The number of benzene rings is 1. The number of carbonyl (C=O) groups is 3. The van der Waals surface area contributed by atoms with Crippen LogP contribution < -0.4 is 14.4 Å². The summed E-state index contributed by atoms with van der Waals surface area (Å²) in [7, 11) is 0. The fourth-order valence-corrected chi connectivity index (χ4v) is 5.09. The fraction of sp³-hybridized carbons (Fsp3) is 0.240. The summed E-state index contributed by atoms with van der Waals surface area (Å²) in [6.45, 7) is 4.25. The van der Waals surface area contributed by atoms with Gasteiger partial charge in [-0.15, -0.1) is 0 Å². The minimum absolute atomic E-state index is 0.129. The molecule has 1 atom stereocenters. The van der Waals surface area contributed by atoms with E-state index in [1.54, 1.807) is 50.4 Å². The lowest BCUT2D eigenvalue weighted by molar-refractivity contribution is -0.132. The van der Waals surface area contributed by atoms with E-state index in [9.17, 15) is 19.5 Å². The second-order valence-corrected chi connectivity index (χ2v) is 8.92. The predicted molar refractivity (Wildman–Crippen MR) is 129 cm³/mol. The molecule has 3 aromatic rings. The lowest BCUT2D eigenvalue weighted by atomic mass is 9.96. The molecule has 1 unspecified atom stereocenters. The first-order valence-electron chi connectivity index (χ1n) is 11.2. The molecule has 1 N–H and O–H groups in total. The van der Waals surface area contributed by atoms with Crippen LogP contribution >= 0.6 is 11.3 Å². The van der Waals surface area contributed by atoms with E-state index < -0.39 is 23.7 Å². The number of ether oxygens (including phenoxy) is 3. The first-order chi connectivity index (χ1) is 17.4. The van der Waals surface area contributed by atoms with Crippen molar-refractivity contribution in [3.63, 3.8) is 0 Å². The van der Waals surface area contributed by atoms with Crippen molar-refractivity contribution in [3.8, 4) is 11.5 Å². The Labute approximate surface area is 209 Å². The van der Waals surface area contributed by atoms with Crippen molar-refractivity contribution in [3.05, 3.63) is 70.0 Å². The van der Waals surface area contributed by atoms with E-state index in [0.29, 0.717) is 36.0 Å². The summed E-state index contributed by atoms with van der Waals surface area (Å²) in [5, 5.41) is 11.4. The van der Waals surface area contributed by atoms with Gasteiger partial charge < -0.3 is 19.3 Å². The van der Waals surface area contributed by atoms with Crippen LogP contribution in [-0.2, 0) is 14.3 Å². The highest BCUT2D eigenvalue weighted by Crippen LogP contribution is 2.44. The van der Waals surface area contributed by atoms with Crippen LogP contribution in [0.5, 0.6) is 11.5 Å². The Hall–Kier alpha value is -4.25. The Kier molecular flexibility index (Phi) is 6.15. The Bertz CT molecular complexity index is 1400. The molecule has 2 aliphatic rings. The van der Waals surface area contributed by atoms with E-state index in [0.717, 1.165) is 11.3 Å². The van der Waals surface area contributed by atoms with Crippen LogP contribution in [0.4, 0.5) is 5.13 Å². The van der Waals surface area contributed by atoms with Gasteiger partial charge in [0.2, 0.25) is 0 Å². The number of anilines is 1. The molecule has 2 aliphatic heterocycles. The molecule has 10 nitrogen and oxygen atoms in total. The first-order valence-corrected chi connectivity index (χ1v) is 12.0. The molecule has 1 fully saturated rings. The molecule has 2 aromatic heterocycles. The molecular formula is C25H21N3O7S. The number of rotatable bonds is 5. The fourth-order valence-electron chi connectivity index (χ4n) is 4.10. The third-order valence-corrected chi connectivity index (χ3v) is 6.85. The van der Waals surface area contributed by atoms with Crippen LogP contribution in [0.3, 0.4) is 0 Å². The van der Waals surface area contributed by atoms with Crippen LogP contribution in [0, 0.1) is 6.92 Å². The monoisotopic (exact) mass is 507 g/mol. The van der Waals surface area contributed by atoms with Gasteiger partial charge in [0.1, 0.15) is 23.9 Å². The Morgan fingerprint density at radius 1 is 1.22 bits per heavy atom. The molecule has 36 heavy (non-hydrogen) atoms. The van der Waals surface area contributed by atoms with Crippen molar-refractivity contribution in [1.82, 2.24) is 9.97 Å². The second-order valence-electron chi connectivity index (χ2n) is 7.95. The highest BCUT2D eigenvalue weighted by Gasteiger charge is 2.48. The number of aryl methyl sites for hydroxylation is 1. The quantitative estimate of drug-likeness (QED) is 0.239. The standard InChI is InChI=1S/C25H21N3O7S/c1-3-33-24(32)22-13(2)27-25(36-22)28-19(15-5-4-8-26-12-15)18(21(30)23(28)31)20(29)14-6-7-16-17(11-14)35-10-9-34-16/h4-8,11-12,19,29H,3,9-10H2,1-2H3/b20-18+. The Balaban J connectivity index is 1.65. The van der Waals surface area contributed by atoms with E-state index >= 15 is 0 Å². The maximum Gasteiger partial charge on any atom is 0.350 e. The number of ketones is 1. The van der Waals surface area contributed by atoms with E-state index in [2.05, 4.69) is 9.97 Å². The van der Waals surface area contributed by atoms with Crippen LogP contribution in [0.1, 0.15) is 39.5 Å². The number of hydrogen-bond donors (Lipinski definition) is 1. The highest BCUT2D eigenvalue weighted by molar-refractivity contribution is 7.17. The zero-order valence-corrected chi connectivity index (χ0v) is 20.2. The lowest BCUT2D eigenvalue weighted by Crippen LogP contribution is -2.29. The smallest absolute Gasteiger partial charge is 0.350 e. The third kappa shape index (κ3) is 3.97. The molecule has 0 saturated carbocycles. The normalized spacial score (nSPS) is 18.4. The lowest BCUT2D eigenvalue weighted by Gasteiger charge is -2.23. The van der Waals surface area contributed by atoms with E-state index in [1.165, 1.54) is 11.1 Å². The van der Waals surface area contributed by atoms with Gasteiger partial charge in [-0.05, 0) is 43.7 Å². The molecule has 0 bridgehead atoms. The third-order valence-electron chi connectivity index (χ3n) is 5.71. The van der Waals surface area contributed by atoms with Gasteiger partial charge in [0, 0.05) is 18.0 Å². The number of nitrogens with zero attached hydrogens (tertiary/aromatic N) is 3. The summed E-state index contributed by atoms with van der Waals surface area (Å²) >= 11 is 0.943. The average Bonchev–Trinajstić information content (AvgIpc) is 3.40. The number of carbonyl (C=O) groups excluding carboxylic acids is 3. The van der Waals surface area contributed by atoms with Gasteiger partial charge in [-0.1, -0.05) is 17.4 Å². The minimum atomic E-state index is -1.02. The zero-order valence-electron chi connectivity index (χ0n) is 19.4. The molecule has 1 amide bonds. The number of fused-ring (bicyclic) bond motifs is 1. The highest BCUT2D eigenvalue weighted by atomic mass is 32.1. The number of pyridine rings is 1. The van der Waals surface area contributed by atoms with Crippen molar-refractivity contribution in [1.29, 1.82) is 0 Å². The van der Waals surface area contributed by atoms with Gasteiger partial charge in [-0.2, -0.15) is 0 Å². The van der Waals surface area contributed by atoms with Crippen molar-refractivity contribution in [2.45, 2.75) is 19.9 Å². The van der Waals surface area contributed by atoms with Crippen molar-refractivity contribution < 1.29 is 33.7 Å². The zero-order chi connectivity index (χ0) is 25.4. The minimum Gasteiger partial charge on any atom is -0.507 e.